The van der Waals surface area contributed by atoms with E-state index in [1.54, 1.807) is 6.92 Å². The Kier molecular flexibility index (Phi) is 6.43. The molecule has 1 saturated heterocycles. The van der Waals surface area contributed by atoms with Crippen LogP contribution in [0.1, 0.15) is 31.1 Å². The number of nitrogens with zero attached hydrogens (tertiary/aromatic N) is 1. The Hall–Kier alpha value is -1.37. The molecule has 0 aliphatic carbocycles. The van der Waals surface area contributed by atoms with Crippen molar-refractivity contribution in [2.45, 2.75) is 31.2 Å². The van der Waals surface area contributed by atoms with Crippen molar-refractivity contribution in [2.75, 3.05) is 32.1 Å². The van der Waals surface area contributed by atoms with Crippen LogP contribution in [0.3, 0.4) is 0 Å². The Morgan fingerprint density at radius 1 is 1.25 bits per heavy atom. The van der Waals surface area contributed by atoms with Gasteiger partial charge in [0.1, 0.15) is 0 Å². The third-order valence-corrected chi connectivity index (χ3v) is 5.67. The van der Waals surface area contributed by atoms with Crippen LogP contribution in [0.15, 0.2) is 29.2 Å². The number of morpholine rings is 1. The van der Waals surface area contributed by atoms with Crippen LogP contribution in [0.2, 0.25) is 0 Å². The lowest BCUT2D eigenvalue weighted by Gasteiger charge is -2.39. The van der Waals surface area contributed by atoms with Crippen molar-refractivity contribution in [3.05, 3.63) is 29.8 Å². The van der Waals surface area contributed by atoms with E-state index in [0.29, 0.717) is 24.5 Å². The zero-order valence-corrected chi connectivity index (χ0v) is 15.3. The second-order valence-electron chi connectivity index (χ2n) is 6.56. The Morgan fingerprint density at radius 2 is 1.83 bits per heavy atom. The van der Waals surface area contributed by atoms with Gasteiger partial charge < -0.3 is 9.84 Å². The smallest absolute Gasteiger partial charge is 0.307 e. The highest BCUT2D eigenvalue weighted by molar-refractivity contribution is 7.99. The van der Waals surface area contributed by atoms with Gasteiger partial charge in [0.05, 0.1) is 24.7 Å². The van der Waals surface area contributed by atoms with E-state index in [1.165, 1.54) is 11.8 Å². The van der Waals surface area contributed by atoms with Gasteiger partial charge in [-0.3, -0.25) is 14.5 Å². The lowest BCUT2D eigenvalue weighted by Crippen LogP contribution is -2.54. The first-order valence-electron chi connectivity index (χ1n) is 8.15. The van der Waals surface area contributed by atoms with Crippen molar-refractivity contribution in [3.63, 3.8) is 0 Å². The molecule has 1 atom stereocenters. The molecular formula is C18H25NO4S. The summed E-state index contributed by atoms with van der Waals surface area (Å²) in [6.07, 6.45) is 0. The van der Waals surface area contributed by atoms with Gasteiger partial charge in [-0.1, -0.05) is 19.1 Å². The number of ketones is 1. The number of Topliss-reactive ketones (excluding diaryl/α,β-unsaturated/α-hetero) is 1. The lowest BCUT2D eigenvalue weighted by molar-refractivity contribution is -0.140. The van der Waals surface area contributed by atoms with Crippen molar-refractivity contribution < 1.29 is 19.4 Å². The summed E-state index contributed by atoms with van der Waals surface area (Å²) < 4.78 is 5.36. The number of hydrogen-bond acceptors (Lipinski definition) is 5. The summed E-state index contributed by atoms with van der Waals surface area (Å²) in [6, 6.07) is 7.44. The monoisotopic (exact) mass is 351 g/mol. The van der Waals surface area contributed by atoms with Gasteiger partial charge in [0.25, 0.3) is 0 Å². The Labute approximate surface area is 147 Å². The van der Waals surface area contributed by atoms with E-state index in [4.69, 9.17) is 9.84 Å². The van der Waals surface area contributed by atoms with Crippen LogP contribution < -0.4 is 0 Å². The van der Waals surface area contributed by atoms with E-state index in [2.05, 4.69) is 4.90 Å². The summed E-state index contributed by atoms with van der Waals surface area (Å²) in [7, 11) is 0. The molecule has 0 amide bonds. The molecule has 1 unspecified atom stereocenters. The molecule has 0 bridgehead atoms. The van der Waals surface area contributed by atoms with E-state index in [9.17, 15) is 9.59 Å². The highest BCUT2D eigenvalue weighted by Gasteiger charge is 2.35. The van der Waals surface area contributed by atoms with Crippen molar-refractivity contribution in [1.82, 2.24) is 4.90 Å². The average Bonchev–Trinajstić information content (AvgIpc) is 2.60. The van der Waals surface area contributed by atoms with Crippen molar-refractivity contribution in [2.24, 2.45) is 5.92 Å². The van der Waals surface area contributed by atoms with Crippen molar-refractivity contribution in [3.8, 4) is 0 Å². The van der Waals surface area contributed by atoms with Crippen molar-refractivity contribution in [1.29, 1.82) is 0 Å². The Balaban J connectivity index is 2.01. The maximum absolute atomic E-state index is 12.9. The minimum atomic E-state index is -0.790. The summed E-state index contributed by atoms with van der Waals surface area (Å²) >= 11 is 1.49. The summed E-state index contributed by atoms with van der Waals surface area (Å²) in [6.45, 7) is 8.45. The SMILES string of the molecule is CC(CSc1ccc(C(=O)C(C)(C)N2CCOCC2)cc1)C(=O)O. The molecule has 2 rings (SSSR count). The minimum Gasteiger partial charge on any atom is -0.481 e. The first-order chi connectivity index (χ1) is 11.3. The van der Waals surface area contributed by atoms with E-state index < -0.39 is 17.4 Å². The largest absolute Gasteiger partial charge is 0.481 e. The quantitative estimate of drug-likeness (QED) is 0.602. The molecule has 1 aromatic carbocycles. The van der Waals surface area contributed by atoms with Gasteiger partial charge in [0.2, 0.25) is 0 Å². The van der Waals surface area contributed by atoms with E-state index >= 15 is 0 Å². The zero-order chi connectivity index (χ0) is 17.7. The third kappa shape index (κ3) is 4.59. The van der Waals surface area contributed by atoms with E-state index in [1.807, 2.05) is 38.1 Å². The van der Waals surface area contributed by atoms with Gasteiger partial charge in [0.15, 0.2) is 5.78 Å². The summed E-state index contributed by atoms with van der Waals surface area (Å²) in [4.78, 5) is 26.9. The number of aliphatic carboxylic acids is 1. The number of thioether (sulfide) groups is 1. The molecule has 1 heterocycles. The van der Waals surface area contributed by atoms with Gasteiger partial charge >= 0.3 is 5.97 Å². The fraction of sp³-hybridized carbons (Fsp3) is 0.556. The topological polar surface area (TPSA) is 66.8 Å². The van der Waals surface area contributed by atoms with Crippen LogP contribution in [0.5, 0.6) is 0 Å². The molecule has 132 valence electrons. The molecule has 0 saturated carbocycles. The number of carbonyl (C=O) groups is 2. The molecule has 6 heteroatoms. The van der Waals surface area contributed by atoms with Gasteiger partial charge in [-0.2, -0.15) is 0 Å². The number of carboxylic acid groups (broad SMARTS) is 1. The van der Waals surface area contributed by atoms with Gasteiger partial charge in [-0.05, 0) is 26.0 Å². The van der Waals surface area contributed by atoms with Crippen LogP contribution in [0.25, 0.3) is 0 Å². The third-order valence-electron chi connectivity index (χ3n) is 4.40. The molecule has 0 spiro atoms. The molecule has 1 aliphatic heterocycles. The molecule has 1 N–H and O–H groups in total. The molecule has 5 nitrogen and oxygen atoms in total. The second kappa shape index (κ2) is 8.14. The number of rotatable bonds is 7. The lowest BCUT2D eigenvalue weighted by atomic mass is 9.91. The molecule has 0 aromatic heterocycles. The number of benzene rings is 1. The fourth-order valence-corrected chi connectivity index (χ4v) is 3.53. The fourth-order valence-electron chi connectivity index (χ4n) is 2.61. The number of carbonyl (C=O) groups excluding carboxylic acids is 1. The first-order valence-corrected chi connectivity index (χ1v) is 9.14. The molecule has 24 heavy (non-hydrogen) atoms. The molecule has 0 radical (unpaired) electrons. The summed E-state index contributed by atoms with van der Waals surface area (Å²) in [5.41, 5.74) is 0.123. The van der Waals surface area contributed by atoms with E-state index in [-0.39, 0.29) is 5.78 Å². The van der Waals surface area contributed by atoms with Gasteiger partial charge in [-0.15, -0.1) is 11.8 Å². The zero-order valence-electron chi connectivity index (χ0n) is 14.4. The minimum absolute atomic E-state index is 0.0971. The first kappa shape index (κ1) is 19.0. The molecule has 1 aliphatic rings. The number of ether oxygens (including phenoxy) is 1. The van der Waals surface area contributed by atoms with Crippen molar-refractivity contribution >= 4 is 23.5 Å². The average molecular weight is 351 g/mol. The highest BCUT2D eigenvalue weighted by atomic mass is 32.2. The predicted molar refractivity (Wildman–Crippen MR) is 94.8 cm³/mol. The normalized spacial score (nSPS) is 17.5. The highest BCUT2D eigenvalue weighted by Crippen LogP contribution is 2.25. The van der Waals surface area contributed by atoms with Crippen LogP contribution in [-0.4, -0.2) is 59.4 Å². The van der Waals surface area contributed by atoms with Gasteiger partial charge in [0, 0.05) is 29.3 Å². The van der Waals surface area contributed by atoms with Crippen LogP contribution >= 0.6 is 11.8 Å². The van der Waals surface area contributed by atoms with E-state index in [0.717, 1.165) is 18.0 Å². The van der Waals surface area contributed by atoms with Crippen LogP contribution in [-0.2, 0) is 9.53 Å². The maximum atomic E-state index is 12.9. The predicted octanol–water partition coefficient (Wildman–Crippen LogP) is 2.79. The maximum Gasteiger partial charge on any atom is 0.307 e. The summed E-state index contributed by atoms with van der Waals surface area (Å²) in [5, 5.41) is 8.92. The Morgan fingerprint density at radius 3 is 2.38 bits per heavy atom. The van der Waals surface area contributed by atoms with Crippen LogP contribution in [0.4, 0.5) is 0 Å². The summed E-state index contributed by atoms with van der Waals surface area (Å²) in [5.74, 6) is -0.569. The molecule has 1 fully saturated rings. The van der Waals surface area contributed by atoms with Crippen LogP contribution in [0, 0.1) is 5.92 Å². The molecule has 1 aromatic rings. The number of carboxylic acids is 1. The number of hydrogen-bond donors (Lipinski definition) is 1. The Bertz CT molecular complexity index is 579. The molecular weight excluding hydrogens is 326 g/mol. The second-order valence-corrected chi connectivity index (χ2v) is 7.66. The standard InChI is InChI=1S/C18H25NO4S/c1-13(17(21)22)12-24-15-6-4-14(5-7-15)16(20)18(2,3)19-8-10-23-11-9-19/h4-7,13H,8-12H2,1-3H3,(H,21,22). The van der Waals surface area contributed by atoms with Gasteiger partial charge in [-0.25, -0.2) is 0 Å².